The van der Waals surface area contributed by atoms with Crippen LogP contribution in [0.4, 0.5) is 0 Å². The molecule has 2 aromatic heterocycles. The first-order chi connectivity index (χ1) is 14.7. The molecule has 1 saturated carbocycles. The number of benzene rings is 2. The van der Waals surface area contributed by atoms with Gasteiger partial charge in [-0.05, 0) is 70.9 Å². The maximum absolute atomic E-state index is 12.4. The number of fused-ring (bicyclic) bond motifs is 3. The Hall–Kier alpha value is -2.43. The van der Waals surface area contributed by atoms with Gasteiger partial charge in [-0.15, -0.1) is 11.3 Å². The lowest BCUT2D eigenvalue weighted by molar-refractivity contribution is 0.282. The van der Waals surface area contributed by atoms with E-state index in [4.69, 9.17) is 0 Å². The summed E-state index contributed by atoms with van der Waals surface area (Å²) < 4.78 is 0.739. The van der Waals surface area contributed by atoms with Gasteiger partial charge in [0.25, 0.3) is 5.56 Å². The van der Waals surface area contributed by atoms with Crippen molar-refractivity contribution < 1.29 is 5.11 Å². The van der Waals surface area contributed by atoms with Crippen molar-refractivity contribution in [3.63, 3.8) is 0 Å². The Labute approximate surface area is 180 Å². The summed E-state index contributed by atoms with van der Waals surface area (Å²) in [5.74, 6) is 1.44. The molecule has 1 aliphatic carbocycles. The van der Waals surface area contributed by atoms with Gasteiger partial charge in [0.05, 0.1) is 6.61 Å². The van der Waals surface area contributed by atoms with Crippen LogP contribution in [0.5, 0.6) is 0 Å². The molecule has 0 saturated heterocycles. The van der Waals surface area contributed by atoms with E-state index in [2.05, 4.69) is 36.2 Å². The SMILES string of the molecule is CCC(c1ccc(-c2c(CO)ccc3[nH]c(=O)c4sccc4c23)cc1)C1CCCC1. The molecule has 4 heteroatoms. The highest BCUT2D eigenvalue weighted by Gasteiger charge is 2.25. The number of rotatable bonds is 5. The van der Waals surface area contributed by atoms with Gasteiger partial charge in [-0.1, -0.05) is 50.1 Å². The van der Waals surface area contributed by atoms with Crippen molar-refractivity contribution in [3.05, 3.63) is 69.3 Å². The summed E-state index contributed by atoms with van der Waals surface area (Å²) in [6.07, 6.45) is 6.61. The first-order valence-electron chi connectivity index (χ1n) is 11.0. The average molecular weight is 418 g/mol. The zero-order valence-electron chi connectivity index (χ0n) is 17.3. The summed E-state index contributed by atoms with van der Waals surface area (Å²) in [5.41, 5.74) is 5.20. The van der Waals surface area contributed by atoms with Crippen LogP contribution in [0.25, 0.3) is 32.1 Å². The number of H-pyrrole nitrogens is 1. The van der Waals surface area contributed by atoms with Crippen LogP contribution in [0.1, 0.15) is 56.1 Å². The molecule has 0 radical (unpaired) electrons. The first kappa shape index (κ1) is 19.5. The first-order valence-corrected chi connectivity index (χ1v) is 11.9. The number of aliphatic hydroxyl groups is 1. The molecule has 0 amide bonds. The number of aromatic amines is 1. The van der Waals surface area contributed by atoms with Gasteiger partial charge < -0.3 is 10.1 Å². The molecule has 1 unspecified atom stereocenters. The zero-order chi connectivity index (χ0) is 20.7. The van der Waals surface area contributed by atoms with Crippen LogP contribution in [0, 0.1) is 5.92 Å². The quantitative estimate of drug-likeness (QED) is 0.385. The lowest BCUT2D eigenvalue weighted by Gasteiger charge is -2.23. The van der Waals surface area contributed by atoms with E-state index in [9.17, 15) is 9.90 Å². The number of hydrogen-bond donors (Lipinski definition) is 2. The normalized spacial score (nSPS) is 15.9. The van der Waals surface area contributed by atoms with E-state index >= 15 is 0 Å². The fraction of sp³-hybridized carbons (Fsp3) is 0.346. The van der Waals surface area contributed by atoms with Gasteiger partial charge >= 0.3 is 0 Å². The van der Waals surface area contributed by atoms with E-state index in [1.165, 1.54) is 49.0 Å². The summed E-state index contributed by atoms with van der Waals surface area (Å²) in [4.78, 5) is 15.5. The number of hydrogen-bond acceptors (Lipinski definition) is 3. The van der Waals surface area contributed by atoms with Crippen molar-refractivity contribution in [1.29, 1.82) is 0 Å². The van der Waals surface area contributed by atoms with Crippen LogP contribution in [-0.4, -0.2) is 10.1 Å². The maximum Gasteiger partial charge on any atom is 0.266 e. The number of thiophene rings is 1. The van der Waals surface area contributed by atoms with E-state index in [1.54, 1.807) is 0 Å². The van der Waals surface area contributed by atoms with Crippen molar-refractivity contribution in [3.8, 4) is 11.1 Å². The van der Waals surface area contributed by atoms with Gasteiger partial charge in [-0.2, -0.15) is 0 Å². The summed E-state index contributed by atoms with van der Waals surface area (Å²) >= 11 is 1.46. The summed E-state index contributed by atoms with van der Waals surface area (Å²) in [5, 5.41) is 14.0. The molecule has 0 bridgehead atoms. The van der Waals surface area contributed by atoms with Gasteiger partial charge in [-0.25, -0.2) is 0 Å². The van der Waals surface area contributed by atoms with E-state index in [-0.39, 0.29) is 12.2 Å². The van der Waals surface area contributed by atoms with Crippen molar-refractivity contribution in [1.82, 2.24) is 4.98 Å². The minimum absolute atomic E-state index is 0.0303. The number of aliphatic hydroxyl groups excluding tert-OH is 1. The second-order valence-corrected chi connectivity index (χ2v) is 9.40. The molecule has 2 aromatic carbocycles. The average Bonchev–Trinajstić information content (AvgIpc) is 3.47. The highest BCUT2D eigenvalue weighted by Crippen LogP contribution is 2.41. The summed E-state index contributed by atoms with van der Waals surface area (Å²) in [6.45, 7) is 2.27. The molecular weight excluding hydrogens is 390 g/mol. The number of nitrogens with one attached hydrogen (secondary N) is 1. The van der Waals surface area contributed by atoms with Crippen LogP contribution < -0.4 is 5.56 Å². The molecule has 2 N–H and O–H groups in total. The Morgan fingerprint density at radius 1 is 1.10 bits per heavy atom. The monoisotopic (exact) mass is 417 g/mol. The molecule has 1 atom stereocenters. The summed E-state index contributed by atoms with van der Waals surface area (Å²) in [6, 6.07) is 14.8. The van der Waals surface area contributed by atoms with E-state index in [0.717, 1.165) is 43.6 Å². The van der Waals surface area contributed by atoms with E-state index in [0.29, 0.717) is 5.92 Å². The molecule has 5 rings (SSSR count). The molecule has 30 heavy (non-hydrogen) atoms. The van der Waals surface area contributed by atoms with Gasteiger partial charge in [0.2, 0.25) is 0 Å². The molecule has 0 aliphatic heterocycles. The highest BCUT2D eigenvalue weighted by atomic mass is 32.1. The number of aromatic nitrogens is 1. The van der Waals surface area contributed by atoms with Gasteiger partial charge in [0.15, 0.2) is 0 Å². The van der Waals surface area contributed by atoms with Crippen LogP contribution in [0.3, 0.4) is 0 Å². The fourth-order valence-electron chi connectivity index (χ4n) is 5.45. The minimum atomic E-state index is -0.0482. The largest absolute Gasteiger partial charge is 0.392 e. The standard InChI is InChI=1S/C26H27NO2S/c1-2-20(16-5-3-4-6-16)17-7-9-18(10-8-17)23-19(15-28)11-12-22-24(23)21-13-14-30-25(21)26(29)27-22/h7-14,16,20,28H,2-6,15H2,1H3,(H,27,29). The van der Waals surface area contributed by atoms with Gasteiger partial charge in [0.1, 0.15) is 4.70 Å². The maximum atomic E-state index is 12.4. The second-order valence-electron chi connectivity index (χ2n) is 8.48. The van der Waals surface area contributed by atoms with Crippen LogP contribution in [0.15, 0.2) is 52.6 Å². The second kappa shape index (κ2) is 8.01. The van der Waals surface area contributed by atoms with Crippen molar-refractivity contribution in [2.45, 2.75) is 51.6 Å². The Morgan fingerprint density at radius 2 is 1.87 bits per heavy atom. The van der Waals surface area contributed by atoms with Crippen molar-refractivity contribution in [2.24, 2.45) is 5.92 Å². The smallest absolute Gasteiger partial charge is 0.266 e. The number of pyridine rings is 1. The van der Waals surface area contributed by atoms with Crippen molar-refractivity contribution >= 4 is 32.3 Å². The predicted octanol–water partition coefficient (Wildman–Crippen LogP) is 6.59. The van der Waals surface area contributed by atoms with E-state index < -0.39 is 0 Å². The van der Waals surface area contributed by atoms with E-state index in [1.807, 2.05) is 23.6 Å². The molecule has 1 aliphatic rings. The molecule has 3 nitrogen and oxygen atoms in total. The minimum Gasteiger partial charge on any atom is -0.392 e. The highest BCUT2D eigenvalue weighted by molar-refractivity contribution is 7.17. The zero-order valence-corrected chi connectivity index (χ0v) is 18.1. The molecular formula is C26H27NO2S. The Morgan fingerprint density at radius 3 is 2.57 bits per heavy atom. The summed E-state index contributed by atoms with van der Waals surface area (Å²) in [7, 11) is 0. The predicted molar refractivity (Wildman–Crippen MR) is 126 cm³/mol. The lowest BCUT2D eigenvalue weighted by Crippen LogP contribution is -2.09. The lowest BCUT2D eigenvalue weighted by atomic mass is 9.82. The van der Waals surface area contributed by atoms with Crippen molar-refractivity contribution in [2.75, 3.05) is 0 Å². The van der Waals surface area contributed by atoms with Crippen LogP contribution in [-0.2, 0) is 6.61 Å². The molecule has 2 heterocycles. The van der Waals surface area contributed by atoms with Crippen LogP contribution in [0.2, 0.25) is 0 Å². The fourth-order valence-corrected chi connectivity index (χ4v) is 6.25. The molecule has 154 valence electrons. The third kappa shape index (κ3) is 3.19. The topological polar surface area (TPSA) is 53.1 Å². The Bertz CT molecular complexity index is 1250. The third-order valence-corrected chi connectivity index (χ3v) is 7.80. The molecule has 0 spiro atoms. The Kier molecular flexibility index (Phi) is 5.21. The molecule has 4 aromatic rings. The van der Waals surface area contributed by atoms with Crippen LogP contribution >= 0.6 is 11.3 Å². The third-order valence-electron chi connectivity index (χ3n) is 6.89. The van der Waals surface area contributed by atoms with Gasteiger partial charge in [-0.3, -0.25) is 4.79 Å². The van der Waals surface area contributed by atoms with Gasteiger partial charge in [0, 0.05) is 16.3 Å². The molecule has 1 fully saturated rings. The Balaban J connectivity index is 1.67.